The predicted molar refractivity (Wildman–Crippen MR) is 109 cm³/mol. The van der Waals surface area contributed by atoms with Crippen LogP contribution in [0.25, 0.3) is 5.69 Å². The molecule has 0 aliphatic rings. The summed E-state index contributed by atoms with van der Waals surface area (Å²) >= 11 is 2.29. The summed E-state index contributed by atoms with van der Waals surface area (Å²) in [6, 6.07) is 17.1. The first-order valence-corrected chi connectivity index (χ1v) is 8.86. The van der Waals surface area contributed by atoms with Crippen LogP contribution in [0.2, 0.25) is 0 Å². The number of benzene rings is 2. The van der Waals surface area contributed by atoms with Crippen molar-refractivity contribution < 1.29 is 9.90 Å². The van der Waals surface area contributed by atoms with E-state index >= 15 is 0 Å². The van der Waals surface area contributed by atoms with Crippen LogP contribution in [0.4, 0.5) is 5.69 Å². The summed E-state index contributed by atoms with van der Waals surface area (Å²) in [5, 5.41) is 9.07. The van der Waals surface area contributed by atoms with Crippen LogP contribution in [0.3, 0.4) is 0 Å². The number of hydrogen-bond acceptors (Lipinski definition) is 2. The van der Waals surface area contributed by atoms with Crippen molar-refractivity contribution in [1.82, 2.24) is 4.57 Å². The third kappa shape index (κ3) is 3.82. The van der Waals surface area contributed by atoms with Crippen molar-refractivity contribution in [1.29, 1.82) is 0 Å². The number of aliphatic imine (C=N–C) groups is 1. The lowest BCUT2D eigenvalue weighted by molar-refractivity contribution is 0.0697. The Morgan fingerprint density at radius 1 is 1.12 bits per heavy atom. The Morgan fingerprint density at radius 2 is 1.84 bits per heavy atom. The number of aryl methyl sites for hydroxylation is 1. The summed E-state index contributed by atoms with van der Waals surface area (Å²) in [6.45, 7) is 4.12. The molecule has 0 aliphatic heterocycles. The van der Waals surface area contributed by atoms with Crippen LogP contribution < -0.4 is 0 Å². The van der Waals surface area contributed by atoms with Crippen molar-refractivity contribution in [3.63, 3.8) is 0 Å². The maximum atomic E-state index is 11.1. The van der Waals surface area contributed by atoms with Gasteiger partial charge in [-0.3, -0.25) is 4.99 Å². The van der Waals surface area contributed by atoms with E-state index in [2.05, 4.69) is 76.3 Å². The second kappa shape index (κ2) is 7.23. The zero-order valence-corrected chi connectivity index (χ0v) is 16.1. The van der Waals surface area contributed by atoms with Crippen molar-refractivity contribution in [2.24, 2.45) is 4.99 Å². The fraction of sp³-hybridized carbons (Fsp3) is 0.100. The standard InChI is InChI=1S/C20H17IN2O2/c1-13-10-16(12-22-18-5-3-4-15(11-18)20(24)25)14(2)23(13)19-8-6-17(21)7-9-19/h3-12H,1-2H3,(H,24,25). The van der Waals surface area contributed by atoms with Crippen molar-refractivity contribution in [2.45, 2.75) is 13.8 Å². The molecule has 3 rings (SSSR count). The first kappa shape index (κ1) is 17.4. The van der Waals surface area contributed by atoms with Gasteiger partial charge in [-0.1, -0.05) is 6.07 Å². The lowest BCUT2D eigenvalue weighted by atomic mass is 10.2. The molecule has 0 unspecified atom stereocenters. The number of halogens is 1. The summed E-state index contributed by atoms with van der Waals surface area (Å²) in [7, 11) is 0. The lowest BCUT2D eigenvalue weighted by Gasteiger charge is -2.09. The Hall–Kier alpha value is -2.41. The summed E-state index contributed by atoms with van der Waals surface area (Å²) in [5.74, 6) is -0.950. The van der Waals surface area contributed by atoms with Crippen molar-refractivity contribution in [2.75, 3.05) is 0 Å². The van der Waals surface area contributed by atoms with E-state index in [1.807, 2.05) is 0 Å². The molecular weight excluding hydrogens is 427 g/mol. The van der Waals surface area contributed by atoms with Crippen LogP contribution in [0.1, 0.15) is 27.3 Å². The molecular formula is C20H17IN2O2. The maximum Gasteiger partial charge on any atom is 0.335 e. The van der Waals surface area contributed by atoms with Crippen LogP contribution in [0, 0.1) is 17.4 Å². The van der Waals surface area contributed by atoms with Gasteiger partial charge in [0.15, 0.2) is 0 Å². The molecule has 0 saturated carbocycles. The Labute approximate surface area is 160 Å². The average Bonchev–Trinajstić information content (AvgIpc) is 2.88. The highest BCUT2D eigenvalue weighted by Crippen LogP contribution is 2.22. The van der Waals surface area contributed by atoms with Gasteiger partial charge < -0.3 is 9.67 Å². The second-order valence-corrected chi connectivity index (χ2v) is 7.00. The van der Waals surface area contributed by atoms with Gasteiger partial charge >= 0.3 is 5.97 Å². The van der Waals surface area contributed by atoms with E-state index in [4.69, 9.17) is 5.11 Å². The highest BCUT2D eigenvalue weighted by molar-refractivity contribution is 14.1. The first-order valence-electron chi connectivity index (χ1n) is 7.78. The number of rotatable bonds is 4. The smallest absolute Gasteiger partial charge is 0.335 e. The summed E-state index contributed by atoms with van der Waals surface area (Å²) in [4.78, 5) is 15.5. The Balaban J connectivity index is 1.94. The molecule has 0 atom stereocenters. The Bertz CT molecular complexity index is 956. The average molecular weight is 444 g/mol. The number of aromatic nitrogens is 1. The molecule has 0 aliphatic carbocycles. The van der Waals surface area contributed by atoms with Gasteiger partial charge in [0, 0.05) is 32.4 Å². The number of carboxylic acid groups (broad SMARTS) is 1. The number of nitrogens with zero attached hydrogens (tertiary/aromatic N) is 2. The van der Waals surface area contributed by atoms with Crippen LogP contribution in [-0.4, -0.2) is 21.9 Å². The van der Waals surface area contributed by atoms with E-state index in [9.17, 15) is 4.79 Å². The van der Waals surface area contributed by atoms with Crippen LogP contribution in [0.5, 0.6) is 0 Å². The zero-order chi connectivity index (χ0) is 18.0. The van der Waals surface area contributed by atoms with Gasteiger partial charge in [-0.25, -0.2) is 4.79 Å². The Morgan fingerprint density at radius 3 is 2.52 bits per heavy atom. The van der Waals surface area contributed by atoms with Gasteiger partial charge in [-0.15, -0.1) is 0 Å². The van der Waals surface area contributed by atoms with Crippen molar-refractivity contribution in [3.05, 3.63) is 80.7 Å². The predicted octanol–water partition coefficient (Wildman–Crippen LogP) is 5.15. The fourth-order valence-electron chi connectivity index (χ4n) is 2.77. The van der Waals surface area contributed by atoms with Gasteiger partial charge in [-0.2, -0.15) is 0 Å². The minimum absolute atomic E-state index is 0.235. The van der Waals surface area contributed by atoms with Gasteiger partial charge in [-0.05, 0) is 85.0 Å². The summed E-state index contributed by atoms with van der Waals surface area (Å²) in [5.41, 5.74) is 5.20. The molecule has 3 aromatic rings. The SMILES string of the molecule is Cc1cc(C=Nc2cccc(C(=O)O)c2)c(C)n1-c1ccc(I)cc1. The third-order valence-electron chi connectivity index (χ3n) is 4.00. The minimum atomic E-state index is -0.950. The van der Waals surface area contributed by atoms with Crippen LogP contribution >= 0.6 is 22.6 Å². The van der Waals surface area contributed by atoms with Crippen LogP contribution in [-0.2, 0) is 0 Å². The first-order chi connectivity index (χ1) is 12.0. The topological polar surface area (TPSA) is 54.6 Å². The van der Waals surface area contributed by atoms with E-state index in [0.717, 1.165) is 22.6 Å². The quantitative estimate of drug-likeness (QED) is 0.447. The molecule has 0 radical (unpaired) electrons. The molecule has 1 heterocycles. The summed E-state index contributed by atoms with van der Waals surface area (Å²) < 4.78 is 3.38. The van der Waals surface area contributed by atoms with E-state index in [1.165, 1.54) is 3.57 Å². The molecule has 0 saturated heterocycles. The molecule has 4 nitrogen and oxygen atoms in total. The highest BCUT2D eigenvalue weighted by Gasteiger charge is 2.09. The highest BCUT2D eigenvalue weighted by atomic mass is 127. The molecule has 0 amide bonds. The van der Waals surface area contributed by atoms with E-state index in [-0.39, 0.29) is 5.56 Å². The summed E-state index contributed by atoms with van der Waals surface area (Å²) in [6.07, 6.45) is 1.78. The fourth-order valence-corrected chi connectivity index (χ4v) is 3.13. The van der Waals surface area contributed by atoms with E-state index < -0.39 is 5.97 Å². The van der Waals surface area contributed by atoms with Crippen LogP contribution in [0.15, 0.2) is 59.6 Å². The molecule has 5 heteroatoms. The largest absolute Gasteiger partial charge is 0.478 e. The molecule has 0 bridgehead atoms. The number of carbonyl (C=O) groups is 1. The van der Waals surface area contributed by atoms with Crippen molar-refractivity contribution >= 4 is 40.5 Å². The van der Waals surface area contributed by atoms with Gasteiger partial charge in [0.2, 0.25) is 0 Å². The van der Waals surface area contributed by atoms with Crippen molar-refractivity contribution in [3.8, 4) is 5.69 Å². The normalized spacial score (nSPS) is 11.2. The number of hydrogen-bond donors (Lipinski definition) is 1. The monoisotopic (exact) mass is 444 g/mol. The number of aromatic carboxylic acids is 1. The van der Waals surface area contributed by atoms with Gasteiger partial charge in [0.25, 0.3) is 0 Å². The van der Waals surface area contributed by atoms with E-state index in [1.54, 1.807) is 30.5 Å². The maximum absolute atomic E-state index is 11.1. The molecule has 126 valence electrons. The number of carboxylic acids is 1. The zero-order valence-electron chi connectivity index (χ0n) is 13.9. The second-order valence-electron chi connectivity index (χ2n) is 5.75. The minimum Gasteiger partial charge on any atom is -0.478 e. The Kier molecular flexibility index (Phi) is 5.03. The molecule has 0 spiro atoms. The lowest BCUT2D eigenvalue weighted by Crippen LogP contribution is -1.99. The molecule has 0 fully saturated rings. The molecule has 1 aromatic heterocycles. The van der Waals surface area contributed by atoms with Gasteiger partial charge in [0.1, 0.15) is 0 Å². The van der Waals surface area contributed by atoms with E-state index in [0.29, 0.717) is 5.69 Å². The molecule has 1 N–H and O–H groups in total. The third-order valence-corrected chi connectivity index (χ3v) is 4.72. The molecule has 25 heavy (non-hydrogen) atoms. The molecule has 2 aromatic carbocycles. The van der Waals surface area contributed by atoms with Gasteiger partial charge in [0.05, 0.1) is 11.3 Å².